The molecule has 1 fully saturated rings. The predicted octanol–water partition coefficient (Wildman–Crippen LogP) is 4.05. The van der Waals surface area contributed by atoms with Crippen LogP contribution in [0.2, 0.25) is 0 Å². The molecule has 3 nitrogen and oxygen atoms in total. The van der Waals surface area contributed by atoms with Crippen LogP contribution in [0, 0.1) is 0 Å². The summed E-state index contributed by atoms with van der Waals surface area (Å²) in [6, 6.07) is 24.4. The van der Waals surface area contributed by atoms with Crippen LogP contribution in [0.25, 0.3) is 0 Å². The molecule has 1 unspecified atom stereocenters. The van der Waals surface area contributed by atoms with Crippen molar-refractivity contribution < 1.29 is 0 Å². The average molecular weight is 341 g/mol. The molecule has 3 heteroatoms. The van der Waals surface area contributed by atoms with Crippen molar-refractivity contribution in [1.82, 2.24) is 9.88 Å². The van der Waals surface area contributed by atoms with Crippen LogP contribution >= 0.6 is 0 Å². The van der Waals surface area contributed by atoms with Crippen molar-refractivity contribution in [3.8, 4) is 0 Å². The number of hydrogen-bond acceptors (Lipinski definition) is 3. The van der Waals surface area contributed by atoms with Crippen LogP contribution in [0.1, 0.15) is 28.3 Å². The van der Waals surface area contributed by atoms with E-state index in [1.807, 2.05) is 6.20 Å². The van der Waals surface area contributed by atoms with Crippen LogP contribution in [0.5, 0.6) is 0 Å². The number of benzene rings is 2. The molecule has 1 atom stereocenters. The first kappa shape index (κ1) is 15.6. The van der Waals surface area contributed by atoms with Gasteiger partial charge in [0.25, 0.3) is 0 Å². The van der Waals surface area contributed by atoms with Gasteiger partial charge in [-0.05, 0) is 28.3 Å². The van der Waals surface area contributed by atoms with E-state index in [0.29, 0.717) is 6.04 Å². The first-order chi connectivity index (χ1) is 12.9. The summed E-state index contributed by atoms with van der Waals surface area (Å²) in [4.78, 5) is 9.88. The van der Waals surface area contributed by atoms with Gasteiger partial charge < -0.3 is 4.90 Å². The van der Waals surface area contributed by atoms with Gasteiger partial charge in [-0.2, -0.15) is 0 Å². The van der Waals surface area contributed by atoms with Gasteiger partial charge in [0.15, 0.2) is 0 Å². The van der Waals surface area contributed by atoms with E-state index >= 15 is 0 Å². The Balaban J connectivity index is 1.50. The Kier molecular flexibility index (Phi) is 3.95. The third-order valence-corrected chi connectivity index (χ3v) is 5.65. The van der Waals surface area contributed by atoms with E-state index in [4.69, 9.17) is 4.98 Å². The molecular weight excluding hydrogens is 318 g/mol. The van der Waals surface area contributed by atoms with Gasteiger partial charge in [0, 0.05) is 38.8 Å². The van der Waals surface area contributed by atoms with Crippen LogP contribution in [0.15, 0.2) is 72.9 Å². The molecule has 130 valence electrons. The minimum absolute atomic E-state index is 0.375. The molecule has 1 aromatic heterocycles. The number of anilines is 1. The van der Waals surface area contributed by atoms with Gasteiger partial charge in [-0.25, -0.2) is 4.98 Å². The minimum Gasteiger partial charge on any atom is -0.347 e. The summed E-state index contributed by atoms with van der Waals surface area (Å²) in [7, 11) is 0. The first-order valence-electron chi connectivity index (χ1n) is 9.43. The molecule has 0 amide bonds. The molecule has 3 aromatic rings. The summed E-state index contributed by atoms with van der Waals surface area (Å²) in [5.41, 5.74) is 5.64. The predicted molar refractivity (Wildman–Crippen MR) is 105 cm³/mol. The highest BCUT2D eigenvalue weighted by molar-refractivity contribution is 5.56. The zero-order chi connectivity index (χ0) is 17.3. The minimum atomic E-state index is 0.375. The Hall–Kier alpha value is -2.65. The molecular formula is C23H23N3. The van der Waals surface area contributed by atoms with E-state index in [9.17, 15) is 0 Å². The topological polar surface area (TPSA) is 19.4 Å². The maximum absolute atomic E-state index is 4.76. The van der Waals surface area contributed by atoms with Crippen molar-refractivity contribution in [2.45, 2.75) is 19.0 Å². The van der Waals surface area contributed by atoms with Crippen molar-refractivity contribution >= 4 is 5.82 Å². The monoisotopic (exact) mass is 341 g/mol. The Labute approximate surface area is 154 Å². The maximum Gasteiger partial charge on any atom is 0.132 e. The van der Waals surface area contributed by atoms with E-state index in [-0.39, 0.29) is 0 Å². The molecule has 26 heavy (non-hydrogen) atoms. The summed E-state index contributed by atoms with van der Waals surface area (Å²) in [5, 5.41) is 0. The summed E-state index contributed by atoms with van der Waals surface area (Å²) in [6.45, 7) is 4.16. The molecule has 5 rings (SSSR count). The number of rotatable bonds is 2. The summed E-state index contributed by atoms with van der Waals surface area (Å²) in [6.07, 6.45) is 2.91. The van der Waals surface area contributed by atoms with Gasteiger partial charge in [-0.15, -0.1) is 0 Å². The van der Waals surface area contributed by atoms with E-state index in [1.54, 1.807) is 0 Å². The lowest BCUT2D eigenvalue weighted by Crippen LogP contribution is -2.48. The van der Waals surface area contributed by atoms with E-state index in [0.717, 1.165) is 32.6 Å². The number of piperazine rings is 1. The highest BCUT2D eigenvalue weighted by Crippen LogP contribution is 2.38. The average Bonchev–Trinajstić information content (AvgIpc) is 2.83. The van der Waals surface area contributed by atoms with Crippen molar-refractivity contribution in [3.63, 3.8) is 0 Å². The lowest BCUT2D eigenvalue weighted by molar-refractivity contribution is 0.215. The fraction of sp³-hybridized carbons (Fsp3) is 0.261. The SMILES string of the molecule is c1ccc(CN2CCN3c4ncccc4Cc4ccccc4C3C2)cc1. The first-order valence-corrected chi connectivity index (χ1v) is 9.43. The summed E-state index contributed by atoms with van der Waals surface area (Å²) in [5.74, 6) is 1.17. The Morgan fingerprint density at radius 1 is 0.846 bits per heavy atom. The molecule has 0 bridgehead atoms. The molecule has 0 spiro atoms. The molecule has 0 N–H and O–H groups in total. The largest absolute Gasteiger partial charge is 0.347 e. The molecule has 1 saturated heterocycles. The van der Waals surface area contributed by atoms with Crippen LogP contribution < -0.4 is 4.90 Å². The van der Waals surface area contributed by atoms with Crippen molar-refractivity contribution in [3.05, 3.63) is 95.2 Å². The van der Waals surface area contributed by atoms with Gasteiger partial charge in [-0.3, -0.25) is 4.90 Å². The number of aromatic nitrogens is 1. The third-order valence-electron chi connectivity index (χ3n) is 5.65. The van der Waals surface area contributed by atoms with Crippen LogP contribution in [0.4, 0.5) is 5.82 Å². The highest BCUT2D eigenvalue weighted by Gasteiger charge is 2.33. The number of pyridine rings is 1. The standard InChI is InChI=1S/C23H23N3/c1-2-7-18(8-3-1)16-25-13-14-26-22(17-25)21-11-5-4-9-19(21)15-20-10-6-12-24-23(20)26/h1-12,22H,13-17H2. The van der Waals surface area contributed by atoms with E-state index < -0.39 is 0 Å². The Bertz CT molecular complexity index is 906. The van der Waals surface area contributed by atoms with Gasteiger partial charge in [0.2, 0.25) is 0 Å². The molecule has 0 aliphatic carbocycles. The zero-order valence-electron chi connectivity index (χ0n) is 14.9. The second kappa shape index (κ2) is 6.58. The van der Waals surface area contributed by atoms with Crippen LogP contribution in [0.3, 0.4) is 0 Å². The molecule has 0 saturated carbocycles. The quantitative estimate of drug-likeness (QED) is 0.701. The molecule has 2 aliphatic heterocycles. The maximum atomic E-state index is 4.76. The fourth-order valence-electron chi connectivity index (χ4n) is 4.40. The molecule has 2 aromatic carbocycles. The summed E-state index contributed by atoms with van der Waals surface area (Å²) < 4.78 is 0. The summed E-state index contributed by atoms with van der Waals surface area (Å²) >= 11 is 0. The smallest absolute Gasteiger partial charge is 0.132 e. The van der Waals surface area contributed by atoms with Gasteiger partial charge in [-0.1, -0.05) is 60.7 Å². The Morgan fingerprint density at radius 3 is 2.58 bits per heavy atom. The Morgan fingerprint density at radius 2 is 1.65 bits per heavy atom. The van der Waals surface area contributed by atoms with E-state index in [2.05, 4.69) is 76.5 Å². The molecule has 2 aliphatic rings. The van der Waals surface area contributed by atoms with Crippen LogP contribution in [-0.4, -0.2) is 29.5 Å². The third kappa shape index (κ3) is 2.78. The van der Waals surface area contributed by atoms with Crippen LogP contribution in [-0.2, 0) is 13.0 Å². The van der Waals surface area contributed by atoms with E-state index in [1.165, 1.54) is 28.1 Å². The second-order valence-corrected chi connectivity index (χ2v) is 7.29. The lowest BCUT2D eigenvalue weighted by Gasteiger charge is -2.42. The van der Waals surface area contributed by atoms with Crippen molar-refractivity contribution in [2.75, 3.05) is 24.5 Å². The number of hydrogen-bond donors (Lipinski definition) is 0. The molecule has 0 radical (unpaired) electrons. The molecule has 3 heterocycles. The fourth-order valence-corrected chi connectivity index (χ4v) is 4.40. The normalized spacial score (nSPS) is 19.2. The lowest BCUT2D eigenvalue weighted by atomic mass is 9.96. The van der Waals surface area contributed by atoms with Crippen molar-refractivity contribution in [1.29, 1.82) is 0 Å². The zero-order valence-corrected chi connectivity index (χ0v) is 14.9. The van der Waals surface area contributed by atoms with Gasteiger partial charge in [0.05, 0.1) is 6.04 Å². The van der Waals surface area contributed by atoms with Gasteiger partial charge >= 0.3 is 0 Å². The van der Waals surface area contributed by atoms with Crippen molar-refractivity contribution in [2.24, 2.45) is 0 Å². The number of nitrogens with zero attached hydrogens (tertiary/aromatic N) is 3. The van der Waals surface area contributed by atoms with Gasteiger partial charge in [0.1, 0.15) is 5.82 Å². The number of fused-ring (bicyclic) bond motifs is 5. The highest BCUT2D eigenvalue weighted by atomic mass is 15.3. The second-order valence-electron chi connectivity index (χ2n) is 7.29.